The van der Waals surface area contributed by atoms with Crippen LogP contribution in [0.25, 0.3) is 0 Å². The van der Waals surface area contributed by atoms with Crippen LogP contribution < -0.4 is 10.6 Å². The van der Waals surface area contributed by atoms with Crippen molar-refractivity contribution in [2.24, 2.45) is 5.92 Å². The quantitative estimate of drug-likeness (QED) is 0.788. The van der Waals surface area contributed by atoms with Gasteiger partial charge in [0.1, 0.15) is 0 Å². The fraction of sp³-hybridized carbons (Fsp3) is 0.429. The minimum atomic E-state index is -1.12. The second-order valence-electron chi connectivity index (χ2n) is 4.94. The standard InChI is InChI=1S/C14H17ClN2O3/c1-8-9(6-7-16-8)13(18)17-12(14(19)20)10-4-2-3-5-11(10)15/h2-5,8-9,12,16H,6-7H2,1H3,(H,17,18)(H,19,20)/t8?,9?,12-/m1/s1. The Bertz CT molecular complexity index is 521. The average molecular weight is 297 g/mol. The molecule has 20 heavy (non-hydrogen) atoms. The van der Waals surface area contributed by atoms with Gasteiger partial charge in [0.2, 0.25) is 5.91 Å². The van der Waals surface area contributed by atoms with E-state index in [9.17, 15) is 14.7 Å². The molecule has 0 aromatic heterocycles. The van der Waals surface area contributed by atoms with Gasteiger partial charge >= 0.3 is 5.97 Å². The predicted molar refractivity (Wildman–Crippen MR) is 75.5 cm³/mol. The Morgan fingerprint density at radius 1 is 1.45 bits per heavy atom. The molecule has 3 N–H and O–H groups in total. The van der Waals surface area contributed by atoms with Crippen molar-refractivity contribution in [2.75, 3.05) is 6.54 Å². The van der Waals surface area contributed by atoms with E-state index < -0.39 is 12.0 Å². The third-order valence-corrected chi connectivity index (χ3v) is 3.96. The maximum absolute atomic E-state index is 12.2. The Hall–Kier alpha value is -1.59. The molecule has 2 unspecified atom stereocenters. The van der Waals surface area contributed by atoms with E-state index in [2.05, 4.69) is 10.6 Å². The molecule has 108 valence electrons. The van der Waals surface area contributed by atoms with Gasteiger partial charge in [0.15, 0.2) is 6.04 Å². The summed E-state index contributed by atoms with van der Waals surface area (Å²) in [7, 11) is 0. The number of carbonyl (C=O) groups is 2. The normalized spacial score (nSPS) is 23.3. The van der Waals surface area contributed by atoms with Gasteiger partial charge in [-0.05, 0) is 26.0 Å². The Balaban J connectivity index is 2.16. The lowest BCUT2D eigenvalue weighted by Crippen LogP contribution is -2.41. The Kier molecular flexibility index (Phi) is 4.62. The Morgan fingerprint density at radius 3 is 2.70 bits per heavy atom. The van der Waals surface area contributed by atoms with E-state index in [-0.39, 0.29) is 17.9 Å². The number of amides is 1. The van der Waals surface area contributed by atoms with Crippen molar-refractivity contribution in [3.63, 3.8) is 0 Å². The first kappa shape index (κ1) is 14.8. The summed E-state index contributed by atoms with van der Waals surface area (Å²) in [6.45, 7) is 2.69. The zero-order valence-corrected chi connectivity index (χ0v) is 11.9. The van der Waals surface area contributed by atoms with E-state index in [0.29, 0.717) is 17.0 Å². The van der Waals surface area contributed by atoms with Gasteiger partial charge in [-0.15, -0.1) is 0 Å². The molecule has 1 aliphatic heterocycles. The molecule has 0 aliphatic carbocycles. The molecule has 1 fully saturated rings. The van der Waals surface area contributed by atoms with E-state index >= 15 is 0 Å². The van der Waals surface area contributed by atoms with Crippen LogP contribution in [-0.2, 0) is 9.59 Å². The second kappa shape index (κ2) is 6.24. The molecule has 1 aromatic carbocycles. The van der Waals surface area contributed by atoms with Crippen LogP contribution in [0.15, 0.2) is 24.3 Å². The molecule has 0 radical (unpaired) electrons. The smallest absolute Gasteiger partial charge is 0.330 e. The molecular weight excluding hydrogens is 280 g/mol. The third-order valence-electron chi connectivity index (χ3n) is 3.61. The highest BCUT2D eigenvalue weighted by Crippen LogP contribution is 2.24. The van der Waals surface area contributed by atoms with Crippen LogP contribution in [0.5, 0.6) is 0 Å². The molecule has 1 saturated heterocycles. The Morgan fingerprint density at radius 2 is 2.15 bits per heavy atom. The first-order valence-electron chi connectivity index (χ1n) is 6.51. The number of rotatable bonds is 4. The van der Waals surface area contributed by atoms with Crippen molar-refractivity contribution in [2.45, 2.75) is 25.4 Å². The molecule has 0 spiro atoms. The van der Waals surface area contributed by atoms with E-state index in [1.165, 1.54) is 0 Å². The maximum atomic E-state index is 12.2. The summed E-state index contributed by atoms with van der Waals surface area (Å²) < 4.78 is 0. The van der Waals surface area contributed by atoms with Crippen molar-refractivity contribution < 1.29 is 14.7 Å². The molecule has 1 heterocycles. The fourth-order valence-corrected chi connectivity index (χ4v) is 2.69. The minimum absolute atomic E-state index is 0.0516. The monoisotopic (exact) mass is 296 g/mol. The van der Waals surface area contributed by atoms with Gasteiger partial charge in [-0.1, -0.05) is 29.8 Å². The van der Waals surface area contributed by atoms with E-state index in [0.717, 1.165) is 6.54 Å². The number of benzene rings is 1. The highest BCUT2D eigenvalue weighted by Gasteiger charge is 2.33. The molecule has 3 atom stereocenters. The summed E-state index contributed by atoms with van der Waals surface area (Å²) in [6, 6.07) is 5.56. The van der Waals surface area contributed by atoms with Gasteiger partial charge in [-0.2, -0.15) is 0 Å². The molecule has 1 amide bonds. The number of carbonyl (C=O) groups excluding carboxylic acids is 1. The van der Waals surface area contributed by atoms with Gasteiger partial charge in [0.25, 0.3) is 0 Å². The molecule has 5 nitrogen and oxygen atoms in total. The van der Waals surface area contributed by atoms with Gasteiger partial charge < -0.3 is 15.7 Å². The van der Waals surface area contributed by atoms with Crippen molar-refractivity contribution in [3.05, 3.63) is 34.9 Å². The van der Waals surface area contributed by atoms with Crippen LogP contribution in [-0.4, -0.2) is 29.6 Å². The average Bonchev–Trinajstić information content (AvgIpc) is 2.83. The second-order valence-corrected chi connectivity index (χ2v) is 5.35. The predicted octanol–water partition coefficient (Wildman–Crippen LogP) is 1.58. The van der Waals surface area contributed by atoms with Crippen molar-refractivity contribution in [1.29, 1.82) is 0 Å². The first-order valence-corrected chi connectivity index (χ1v) is 6.89. The van der Waals surface area contributed by atoms with Crippen LogP contribution >= 0.6 is 11.6 Å². The summed E-state index contributed by atoms with van der Waals surface area (Å²) >= 11 is 6.01. The minimum Gasteiger partial charge on any atom is -0.479 e. The lowest BCUT2D eigenvalue weighted by atomic mass is 9.99. The van der Waals surface area contributed by atoms with Gasteiger partial charge in [-0.3, -0.25) is 4.79 Å². The number of hydrogen-bond acceptors (Lipinski definition) is 3. The van der Waals surface area contributed by atoms with Crippen molar-refractivity contribution >= 4 is 23.5 Å². The largest absolute Gasteiger partial charge is 0.479 e. The number of hydrogen-bond donors (Lipinski definition) is 3. The van der Waals surface area contributed by atoms with Crippen molar-refractivity contribution in [3.8, 4) is 0 Å². The molecule has 6 heteroatoms. The number of carboxylic acid groups (broad SMARTS) is 1. The topological polar surface area (TPSA) is 78.4 Å². The Labute approximate surface area is 122 Å². The molecule has 2 rings (SSSR count). The van der Waals surface area contributed by atoms with Gasteiger partial charge in [0.05, 0.1) is 5.92 Å². The van der Waals surface area contributed by atoms with Crippen LogP contribution in [0.2, 0.25) is 5.02 Å². The van der Waals surface area contributed by atoms with Crippen LogP contribution in [0.1, 0.15) is 24.9 Å². The first-order chi connectivity index (χ1) is 9.50. The zero-order chi connectivity index (χ0) is 14.7. The molecular formula is C14H17ClN2O3. The van der Waals surface area contributed by atoms with E-state index in [1.54, 1.807) is 24.3 Å². The summed E-state index contributed by atoms with van der Waals surface area (Å²) in [6.07, 6.45) is 0.710. The lowest BCUT2D eigenvalue weighted by molar-refractivity contribution is -0.142. The number of halogens is 1. The molecule has 1 aliphatic rings. The number of aliphatic carboxylic acids is 1. The lowest BCUT2D eigenvalue weighted by Gasteiger charge is -2.20. The summed E-state index contributed by atoms with van der Waals surface area (Å²) in [5.41, 5.74) is 0.397. The summed E-state index contributed by atoms with van der Waals surface area (Å²) in [5.74, 6) is -1.58. The van der Waals surface area contributed by atoms with Gasteiger partial charge in [-0.25, -0.2) is 4.79 Å². The van der Waals surface area contributed by atoms with E-state index in [1.807, 2.05) is 6.92 Å². The molecule has 0 saturated carbocycles. The van der Waals surface area contributed by atoms with Crippen LogP contribution in [0.4, 0.5) is 0 Å². The van der Waals surface area contributed by atoms with Crippen molar-refractivity contribution in [1.82, 2.24) is 10.6 Å². The highest BCUT2D eigenvalue weighted by molar-refractivity contribution is 6.31. The molecule has 1 aromatic rings. The number of nitrogens with one attached hydrogen (secondary N) is 2. The highest BCUT2D eigenvalue weighted by atomic mass is 35.5. The third kappa shape index (κ3) is 3.11. The maximum Gasteiger partial charge on any atom is 0.330 e. The fourth-order valence-electron chi connectivity index (χ4n) is 2.45. The molecule has 0 bridgehead atoms. The zero-order valence-electron chi connectivity index (χ0n) is 11.1. The van der Waals surface area contributed by atoms with E-state index in [4.69, 9.17) is 11.6 Å². The van der Waals surface area contributed by atoms with Gasteiger partial charge in [0, 0.05) is 16.6 Å². The number of carboxylic acids is 1. The SMILES string of the molecule is CC1NCCC1C(=O)N[C@@H](C(=O)O)c1ccccc1Cl. The summed E-state index contributed by atoms with van der Waals surface area (Å²) in [4.78, 5) is 23.6. The van der Waals surface area contributed by atoms with Crippen LogP contribution in [0.3, 0.4) is 0 Å². The summed E-state index contributed by atoms with van der Waals surface area (Å²) in [5, 5.41) is 15.4. The van der Waals surface area contributed by atoms with Crippen LogP contribution in [0, 0.1) is 5.92 Å².